The van der Waals surface area contributed by atoms with Crippen LogP contribution in [0.4, 0.5) is 11.8 Å². The Kier molecular flexibility index (Phi) is 5.23. The fourth-order valence-corrected chi connectivity index (χ4v) is 3.75. The molecule has 3 aromatic rings. The molecule has 0 aromatic carbocycles. The molecule has 1 fully saturated rings. The maximum atomic E-state index is 12.4. The molecule has 9 heteroatoms. The third-order valence-electron chi connectivity index (χ3n) is 5.09. The second-order valence-corrected chi connectivity index (χ2v) is 8.92. The molecule has 2 unspecified atom stereocenters. The van der Waals surface area contributed by atoms with Crippen LogP contribution in [-0.2, 0) is 16.8 Å². The van der Waals surface area contributed by atoms with Gasteiger partial charge in [-0.25, -0.2) is 9.67 Å². The molecule has 0 aliphatic carbocycles. The minimum Gasteiger partial charge on any atom is -0.372 e. The minimum absolute atomic E-state index is 0.191. The summed E-state index contributed by atoms with van der Waals surface area (Å²) in [6.07, 6.45) is 3.79. The molecule has 160 valence electrons. The highest BCUT2D eigenvalue weighted by atomic mass is 16.5. The van der Waals surface area contributed by atoms with Crippen molar-refractivity contribution in [2.75, 3.05) is 23.3 Å². The van der Waals surface area contributed by atoms with Gasteiger partial charge in [0, 0.05) is 25.8 Å². The molecule has 30 heavy (non-hydrogen) atoms. The van der Waals surface area contributed by atoms with Crippen molar-refractivity contribution in [3.63, 3.8) is 0 Å². The zero-order valence-electron chi connectivity index (χ0n) is 18.1. The predicted molar refractivity (Wildman–Crippen MR) is 117 cm³/mol. The van der Waals surface area contributed by atoms with Gasteiger partial charge >= 0.3 is 0 Å². The second-order valence-electron chi connectivity index (χ2n) is 8.92. The fourth-order valence-electron chi connectivity index (χ4n) is 3.75. The van der Waals surface area contributed by atoms with Gasteiger partial charge in [0.25, 0.3) is 5.56 Å². The van der Waals surface area contributed by atoms with Crippen molar-refractivity contribution >= 4 is 22.8 Å². The quantitative estimate of drug-likeness (QED) is 0.680. The first-order chi connectivity index (χ1) is 14.2. The van der Waals surface area contributed by atoms with Crippen LogP contribution in [-0.4, -0.2) is 50.0 Å². The Balaban J connectivity index is 1.48. The largest absolute Gasteiger partial charge is 0.372 e. The predicted octanol–water partition coefficient (Wildman–Crippen LogP) is 2.50. The Morgan fingerprint density at radius 2 is 1.93 bits per heavy atom. The molecule has 1 saturated heterocycles. The summed E-state index contributed by atoms with van der Waals surface area (Å²) >= 11 is 0. The number of nitrogens with zero attached hydrogens (tertiary/aromatic N) is 5. The van der Waals surface area contributed by atoms with Gasteiger partial charge in [-0.05, 0) is 46.2 Å². The van der Waals surface area contributed by atoms with Gasteiger partial charge in [0.2, 0.25) is 5.95 Å². The van der Waals surface area contributed by atoms with Crippen LogP contribution in [0.25, 0.3) is 11.0 Å². The number of hydrogen-bond acceptors (Lipinski definition) is 7. The van der Waals surface area contributed by atoms with Crippen molar-refractivity contribution in [3.05, 3.63) is 40.4 Å². The zero-order chi connectivity index (χ0) is 21.5. The number of aromatic amines is 1. The Hall–Kier alpha value is -2.94. The van der Waals surface area contributed by atoms with E-state index in [0.29, 0.717) is 23.5 Å². The van der Waals surface area contributed by atoms with Gasteiger partial charge in [-0.3, -0.25) is 9.78 Å². The molecule has 0 bridgehead atoms. The number of H-pyrrole nitrogens is 1. The van der Waals surface area contributed by atoms with Crippen LogP contribution in [0.1, 0.15) is 40.2 Å². The van der Waals surface area contributed by atoms with Crippen molar-refractivity contribution in [1.29, 1.82) is 0 Å². The summed E-state index contributed by atoms with van der Waals surface area (Å²) in [5, 5.41) is 8.01. The van der Waals surface area contributed by atoms with Crippen molar-refractivity contribution in [1.82, 2.24) is 24.7 Å². The second kappa shape index (κ2) is 7.71. The lowest BCUT2D eigenvalue weighted by molar-refractivity contribution is -0.00545. The van der Waals surface area contributed by atoms with E-state index in [4.69, 9.17) is 4.74 Å². The maximum Gasteiger partial charge on any atom is 0.263 e. The number of fused-ring (bicyclic) bond motifs is 1. The molecule has 0 saturated carbocycles. The number of nitrogens with one attached hydrogen (secondary N) is 2. The molecule has 0 amide bonds. The summed E-state index contributed by atoms with van der Waals surface area (Å²) in [6, 6.07) is 4.06. The lowest BCUT2D eigenvalue weighted by Gasteiger charge is -2.36. The first-order valence-electron chi connectivity index (χ1n) is 10.3. The highest BCUT2D eigenvalue weighted by Crippen LogP contribution is 2.20. The molecule has 4 heterocycles. The van der Waals surface area contributed by atoms with E-state index in [1.54, 1.807) is 10.9 Å². The number of anilines is 2. The number of hydrogen-bond donors (Lipinski definition) is 2. The molecule has 9 nitrogen and oxygen atoms in total. The molecule has 1 aliphatic rings. The molecule has 0 radical (unpaired) electrons. The summed E-state index contributed by atoms with van der Waals surface area (Å²) in [7, 11) is 0. The Labute approximate surface area is 175 Å². The monoisotopic (exact) mass is 411 g/mol. The molecule has 4 rings (SSSR count). The van der Waals surface area contributed by atoms with E-state index < -0.39 is 0 Å². The number of aromatic nitrogens is 5. The number of ether oxygens (including phenoxy) is 1. The molecule has 2 atom stereocenters. The van der Waals surface area contributed by atoms with Gasteiger partial charge in [-0.2, -0.15) is 10.1 Å². The van der Waals surface area contributed by atoms with Crippen molar-refractivity contribution in [2.24, 2.45) is 0 Å². The normalized spacial score (nSPS) is 20.0. The lowest BCUT2D eigenvalue weighted by Crippen LogP contribution is -2.45. The molecular weight excluding hydrogens is 382 g/mol. The van der Waals surface area contributed by atoms with Crippen LogP contribution < -0.4 is 15.8 Å². The summed E-state index contributed by atoms with van der Waals surface area (Å²) in [6.45, 7) is 12.4. The first-order valence-corrected chi connectivity index (χ1v) is 10.3. The van der Waals surface area contributed by atoms with Gasteiger partial charge < -0.3 is 15.0 Å². The topological polar surface area (TPSA) is 101 Å². The summed E-state index contributed by atoms with van der Waals surface area (Å²) in [4.78, 5) is 26.6. The Bertz CT molecular complexity index is 1070. The fraction of sp³-hybridized carbons (Fsp3) is 0.524. The molecule has 0 spiro atoms. The number of rotatable bonds is 4. The minimum atomic E-state index is -0.270. The van der Waals surface area contributed by atoms with E-state index >= 15 is 0 Å². The van der Waals surface area contributed by atoms with Crippen LogP contribution in [0.15, 0.2) is 29.3 Å². The zero-order valence-corrected chi connectivity index (χ0v) is 18.1. The molecule has 1 aliphatic heterocycles. The number of pyridine rings is 1. The van der Waals surface area contributed by atoms with E-state index in [9.17, 15) is 4.79 Å². The van der Waals surface area contributed by atoms with E-state index in [1.165, 1.54) is 0 Å². The van der Waals surface area contributed by atoms with Crippen molar-refractivity contribution < 1.29 is 4.74 Å². The van der Waals surface area contributed by atoms with Gasteiger partial charge in [0.15, 0.2) is 5.65 Å². The Morgan fingerprint density at radius 1 is 1.20 bits per heavy atom. The first kappa shape index (κ1) is 20.3. The molecule has 3 aromatic heterocycles. The average Bonchev–Trinajstić information content (AvgIpc) is 3.11. The van der Waals surface area contributed by atoms with Gasteiger partial charge in [-0.1, -0.05) is 6.07 Å². The van der Waals surface area contributed by atoms with E-state index in [-0.39, 0.29) is 23.3 Å². The van der Waals surface area contributed by atoms with Gasteiger partial charge in [0.1, 0.15) is 11.2 Å². The Morgan fingerprint density at radius 3 is 2.57 bits per heavy atom. The standard InChI is InChI=1S/C21H29N7O2/c1-13-11-27(12-14(2)30-13)17-7-6-15(8-22-17)9-23-20-25-18-16(19(29)26-20)10-24-28(18)21(3,4)5/h6-8,10,13-14H,9,11-12H2,1-5H3,(H2,23,25,26,29). The van der Waals surface area contributed by atoms with Crippen LogP contribution in [0.3, 0.4) is 0 Å². The maximum absolute atomic E-state index is 12.4. The third-order valence-corrected chi connectivity index (χ3v) is 5.09. The average molecular weight is 412 g/mol. The van der Waals surface area contributed by atoms with E-state index in [0.717, 1.165) is 24.5 Å². The third kappa shape index (κ3) is 4.16. The summed E-state index contributed by atoms with van der Waals surface area (Å²) in [5.41, 5.74) is 1.09. The van der Waals surface area contributed by atoms with Crippen molar-refractivity contribution in [3.8, 4) is 0 Å². The van der Waals surface area contributed by atoms with Crippen LogP contribution in [0.5, 0.6) is 0 Å². The van der Waals surface area contributed by atoms with Crippen LogP contribution >= 0.6 is 0 Å². The number of morpholine rings is 1. The van der Waals surface area contributed by atoms with Gasteiger partial charge in [-0.15, -0.1) is 0 Å². The highest BCUT2D eigenvalue weighted by molar-refractivity contribution is 5.74. The SMILES string of the molecule is CC1CN(c2ccc(CNc3nc4c(cnn4C(C)(C)C)c(=O)[nH]3)cn2)CC(C)O1. The van der Waals surface area contributed by atoms with E-state index in [1.807, 2.05) is 39.1 Å². The van der Waals surface area contributed by atoms with Gasteiger partial charge in [0.05, 0.1) is 23.9 Å². The molecular formula is C21H29N7O2. The summed E-state index contributed by atoms with van der Waals surface area (Å²) in [5.74, 6) is 1.36. The van der Waals surface area contributed by atoms with Crippen LogP contribution in [0, 0.1) is 0 Å². The lowest BCUT2D eigenvalue weighted by atomic mass is 10.1. The van der Waals surface area contributed by atoms with Crippen molar-refractivity contribution in [2.45, 2.75) is 58.9 Å². The van der Waals surface area contributed by atoms with Crippen LogP contribution in [0.2, 0.25) is 0 Å². The van der Waals surface area contributed by atoms with E-state index in [2.05, 4.69) is 44.1 Å². The molecule has 2 N–H and O–H groups in total. The summed E-state index contributed by atoms with van der Waals surface area (Å²) < 4.78 is 7.56. The smallest absolute Gasteiger partial charge is 0.263 e. The highest BCUT2D eigenvalue weighted by Gasteiger charge is 2.23.